The molecule has 0 spiro atoms. The Balaban J connectivity index is 2.11. The molecule has 1 unspecified atom stereocenters. The quantitative estimate of drug-likeness (QED) is 0.369. The van der Waals surface area contributed by atoms with Crippen LogP contribution in [0.2, 0.25) is 0 Å². The van der Waals surface area contributed by atoms with Gasteiger partial charge in [0.15, 0.2) is 0 Å². The summed E-state index contributed by atoms with van der Waals surface area (Å²) in [4.78, 5) is 27.3. The lowest BCUT2D eigenvalue weighted by atomic mass is 9.61. The standard InChI is InChI=1S/C14H20N2O4/c1-7(17)10-9-5-8(3-2-4-16-6-15)11(14(19)20)12(9)13(10)18/h6-7,9-10,12,17H,2-5H2,1H3,(H2,15,16)(H,19,20)/t7-,9-,10-,12?/m1/s1. The van der Waals surface area contributed by atoms with Crippen molar-refractivity contribution in [3.05, 3.63) is 11.1 Å². The number of Topliss-reactive ketones (excluding diaryl/α,β-unsaturated/α-hetero) is 1. The van der Waals surface area contributed by atoms with E-state index in [1.54, 1.807) is 6.92 Å². The lowest BCUT2D eigenvalue weighted by molar-refractivity contribution is -0.149. The molecule has 1 saturated carbocycles. The minimum Gasteiger partial charge on any atom is -0.478 e. The first-order valence-corrected chi connectivity index (χ1v) is 6.86. The van der Waals surface area contributed by atoms with E-state index in [9.17, 15) is 19.8 Å². The molecule has 2 aliphatic rings. The fraction of sp³-hybridized carbons (Fsp3) is 0.643. The van der Waals surface area contributed by atoms with Gasteiger partial charge in [-0.3, -0.25) is 9.79 Å². The second-order valence-electron chi connectivity index (χ2n) is 5.50. The van der Waals surface area contributed by atoms with E-state index in [-0.39, 0.29) is 17.3 Å². The molecule has 6 nitrogen and oxygen atoms in total. The Kier molecular flexibility index (Phi) is 4.23. The molecule has 0 saturated heterocycles. The molecule has 20 heavy (non-hydrogen) atoms. The number of hydrogen-bond donors (Lipinski definition) is 3. The van der Waals surface area contributed by atoms with Crippen LogP contribution in [-0.2, 0) is 9.59 Å². The number of ketones is 1. The summed E-state index contributed by atoms with van der Waals surface area (Å²) in [5, 5.41) is 19.0. The number of carboxylic acid groups (broad SMARTS) is 1. The average molecular weight is 280 g/mol. The van der Waals surface area contributed by atoms with Crippen molar-refractivity contribution in [3.63, 3.8) is 0 Å². The number of fused-ring (bicyclic) bond motifs is 1. The van der Waals surface area contributed by atoms with Gasteiger partial charge in [0.1, 0.15) is 5.78 Å². The highest BCUT2D eigenvalue weighted by Crippen LogP contribution is 2.53. The fourth-order valence-electron chi connectivity index (χ4n) is 3.51. The lowest BCUT2D eigenvalue weighted by Crippen LogP contribution is -2.51. The number of allylic oxidation sites excluding steroid dienone is 1. The number of aliphatic hydroxyl groups excluding tert-OH is 1. The topological polar surface area (TPSA) is 113 Å². The molecule has 2 aliphatic carbocycles. The van der Waals surface area contributed by atoms with Gasteiger partial charge in [-0.05, 0) is 32.1 Å². The largest absolute Gasteiger partial charge is 0.478 e. The number of nitrogens with two attached hydrogens (primary N) is 1. The molecule has 2 rings (SSSR count). The lowest BCUT2D eigenvalue weighted by Gasteiger charge is -2.41. The molecule has 0 aromatic rings. The van der Waals surface area contributed by atoms with Gasteiger partial charge < -0.3 is 15.9 Å². The van der Waals surface area contributed by atoms with E-state index >= 15 is 0 Å². The van der Waals surface area contributed by atoms with Gasteiger partial charge in [-0.25, -0.2) is 4.79 Å². The minimum atomic E-state index is -1.01. The predicted octanol–water partition coefficient (Wildman–Crippen LogP) is 0.351. The van der Waals surface area contributed by atoms with E-state index < -0.39 is 23.9 Å². The van der Waals surface area contributed by atoms with E-state index in [2.05, 4.69) is 4.99 Å². The van der Waals surface area contributed by atoms with Gasteiger partial charge in [0.05, 0.1) is 18.4 Å². The first-order chi connectivity index (χ1) is 9.49. The Morgan fingerprint density at radius 3 is 2.85 bits per heavy atom. The molecular weight excluding hydrogens is 260 g/mol. The van der Waals surface area contributed by atoms with Crippen LogP contribution in [0.5, 0.6) is 0 Å². The summed E-state index contributed by atoms with van der Waals surface area (Å²) in [5.41, 5.74) is 6.24. The first kappa shape index (κ1) is 14.7. The second kappa shape index (κ2) is 5.75. The minimum absolute atomic E-state index is 0.0402. The number of aliphatic hydroxyl groups is 1. The van der Waals surface area contributed by atoms with Crippen molar-refractivity contribution in [2.24, 2.45) is 28.5 Å². The molecule has 0 aromatic heterocycles. The van der Waals surface area contributed by atoms with Crippen LogP contribution in [0.3, 0.4) is 0 Å². The molecule has 4 atom stereocenters. The molecule has 0 bridgehead atoms. The summed E-state index contributed by atoms with van der Waals surface area (Å²) in [7, 11) is 0. The van der Waals surface area contributed by atoms with Crippen molar-refractivity contribution in [3.8, 4) is 0 Å². The van der Waals surface area contributed by atoms with Crippen LogP contribution < -0.4 is 5.73 Å². The molecule has 110 valence electrons. The van der Waals surface area contributed by atoms with Crippen LogP contribution in [0.15, 0.2) is 16.1 Å². The Labute approximate surface area is 117 Å². The van der Waals surface area contributed by atoms with Gasteiger partial charge >= 0.3 is 5.97 Å². The summed E-state index contributed by atoms with van der Waals surface area (Å²) < 4.78 is 0. The van der Waals surface area contributed by atoms with Crippen LogP contribution in [0.4, 0.5) is 0 Å². The van der Waals surface area contributed by atoms with Gasteiger partial charge in [-0.1, -0.05) is 5.57 Å². The van der Waals surface area contributed by atoms with E-state index in [0.717, 1.165) is 5.57 Å². The third-order valence-electron chi connectivity index (χ3n) is 4.32. The van der Waals surface area contributed by atoms with E-state index in [4.69, 9.17) is 5.73 Å². The van der Waals surface area contributed by atoms with Crippen LogP contribution in [0, 0.1) is 17.8 Å². The predicted molar refractivity (Wildman–Crippen MR) is 73.2 cm³/mol. The van der Waals surface area contributed by atoms with Crippen molar-refractivity contribution in [1.82, 2.24) is 0 Å². The Hall–Kier alpha value is -1.69. The monoisotopic (exact) mass is 280 g/mol. The van der Waals surface area contributed by atoms with E-state index in [1.807, 2.05) is 0 Å². The van der Waals surface area contributed by atoms with Crippen molar-refractivity contribution in [2.75, 3.05) is 6.54 Å². The maximum Gasteiger partial charge on any atom is 0.332 e. The molecular formula is C14H20N2O4. The highest BCUT2D eigenvalue weighted by atomic mass is 16.4. The maximum absolute atomic E-state index is 12.0. The van der Waals surface area contributed by atoms with E-state index in [0.29, 0.717) is 25.8 Å². The highest BCUT2D eigenvalue weighted by Gasteiger charge is 2.58. The van der Waals surface area contributed by atoms with Gasteiger partial charge in [-0.15, -0.1) is 0 Å². The summed E-state index contributed by atoms with van der Waals surface area (Å²) >= 11 is 0. The summed E-state index contributed by atoms with van der Waals surface area (Å²) in [5.74, 6) is -2.10. The molecule has 0 aromatic carbocycles. The molecule has 0 aliphatic heterocycles. The number of carbonyl (C=O) groups excluding carboxylic acids is 1. The fourth-order valence-corrected chi connectivity index (χ4v) is 3.51. The third-order valence-corrected chi connectivity index (χ3v) is 4.32. The molecule has 1 fully saturated rings. The second-order valence-corrected chi connectivity index (χ2v) is 5.50. The Morgan fingerprint density at radius 2 is 2.30 bits per heavy atom. The number of aliphatic carboxylic acids is 1. The molecule has 0 amide bonds. The number of carboxylic acids is 1. The molecule has 6 heteroatoms. The van der Waals surface area contributed by atoms with Crippen LogP contribution >= 0.6 is 0 Å². The van der Waals surface area contributed by atoms with Crippen molar-refractivity contribution < 1.29 is 19.8 Å². The van der Waals surface area contributed by atoms with Gasteiger partial charge in [0.25, 0.3) is 0 Å². The van der Waals surface area contributed by atoms with Crippen LogP contribution in [0.1, 0.15) is 26.2 Å². The van der Waals surface area contributed by atoms with Gasteiger partial charge in [0.2, 0.25) is 0 Å². The van der Waals surface area contributed by atoms with Gasteiger partial charge in [-0.2, -0.15) is 0 Å². The first-order valence-electron chi connectivity index (χ1n) is 6.86. The molecule has 0 heterocycles. The number of aliphatic imine (C=N–C) groups is 1. The molecule has 0 radical (unpaired) electrons. The van der Waals surface area contributed by atoms with Gasteiger partial charge in [0, 0.05) is 18.0 Å². The summed E-state index contributed by atoms with van der Waals surface area (Å²) in [6.07, 6.45) is 2.45. The zero-order chi connectivity index (χ0) is 14.9. The summed E-state index contributed by atoms with van der Waals surface area (Å²) in [6, 6.07) is 0. The van der Waals surface area contributed by atoms with Crippen LogP contribution in [0.25, 0.3) is 0 Å². The average Bonchev–Trinajstić information content (AvgIpc) is 2.69. The summed E-state index contributed by atoms with van der Waals surface area (Å²) in [6.45, 7) is 2.14. The van der Waals surface area contributed by atoms with Crippen molar-refractivity contribution >= 4 is 18.1 Å². The van der Waals surface area contributed by atoms with E-state index in [1.165, 1.54) is 6.34 Å². The smallest absolute Gasteiger partial charge is 0.332 e. The normalized spacial score (nSPS) is 30.5. The maximum atomic E-state index is 12.0. The van der Waals surface area contributed by atoms with Crippen molar-refractivity contribution in [1.29, 1.82) is 0 Å². The molecule has 4 N–H and O–H groups in total. The highest BCUT2D eigenvalue weighted by molar-refractivity contribution is 6.03. The zero-order valence-electron chi connectivity index (χ0n) is 11.5. The Morgan fingerprint density at radius 1 is 1.60 bits per heavy atom. The van der Waals surface area contributed by atoms with Crippen molar-refractivity contribution in [2.45, 2.75) is 32.3 Å². The van der Waals surface area contributed by atoms with Crippen LogP contribution in [-0.4, -0.2) is 41.0 Å². The Bertz CT molecular complexity index is 482. The zero-order valence-corrected chi connectivity index (χ0v) is 11.5. The SMILES string of the molecule is C[C@@H](O)[C@H]1C(=O)C2C(C(=O)O)=C(CCCN=CN)C[C@@H]21. The number of rotatable bonds is 6. The number of carbonyl (C=O) groups is 2. The number of hydrogen-bond acceptors (Lipinski definition) is 4. The third kappa shape index (κ3) is 2.35. The number of nitrogens with zero attached hydrogens (tertiary/aromatic N) is 1.